The number of amides is 1. The first-order valence-electron chi connectivity index (χ1n) is 5.88. The Labute approximate surface area is 105 Å². The fraction of sp³-hybridized carbons (Fsp3) is 0.385. The van der Waals surface area contributed by atoms with Crippen LogP contribution in [0.2, 0.25) is 0 Å². The maximum Gasteiger partial charge on any atom is 0.307 e. The first-order valence-corrected chi connectivity index (χ1v) is 5.88. The summed E-state index contributed by atoms with van der Waals surface area (Å²) in [5.41, 5.74) is 1.27. The van der Waals surface area contributed by atoms with Crippen LogP contribution in [0.15, 0.2) is 24.3 Å². The van der Waals surface area contributed by atoms with Crippen molar-refractivity contribution in [3.63, 3.8) is 0 Å². The molecule has 1 aromatic rings. The van der Waals surface area contributed by atoms with E-state index in [1.165, 1.54) is 0 Å². The van der Waals surface area contributed by atoms with Gasteiger partial charge in [-0.2, -0.15) is 0 Å². The van der Waals surface area contributed by atoms with E-state index in [2.05, 4.69) is 5.32 Å². The maximum atomic E-state index is 11.8. The van der Waals surface area contributed by atoms with Crippen molar-refractivity contribution < 1.29 is 19.4 Å². The summed E-state index contributed by atoms with van der Waals surface area (Å²) in [6, 6.07) is 6.85. The van der Waals surface area contributed by atoms with Crippen LogP contribution in [-0.2, 0) is 20.7 Å². The van der Waals surface area contributed by atoms with Crippen LogP contribution in [0.1, 0.15) is 18.4 Å². The molecule has 1 aromatic carbocycles. The van der Waals surface area contributed by atoms with Gasteiger partial charge in [-0.25, -0.2) is 0 Å². The van der Waals surface area contributed by atoms with E-state index < -0.39 is 5.97 Å². The maximum absolute atomic E-state index is 11.8. The Bertz CT molecular complexity index is 452. The molecule has 1 atom stereocenters. The van der Waals surface area contributed by atoms with Crippen LogP contribution < -0.4 is 5.32 Å². The minimum atomic E-state index is -0.891. The quantitative estimate of drug-likeness (QED) is 0.846. The third-order valence-electron chi connectivity index (χ3n) is 2.77. The van der Waals surface area contributed by atoms with Gasteiger partial charge in [0.05, 0.1) is 6.42 Å². The van der Waals surface area contributed by atoms with E-state index >= 15 is 0 Å². The molecule has 0 unspecified atom stereocenters. The Morgan fingerprint density at radius 1 is 1.44 bits per heavy atom. The zero-order valence-electron chi connectivity index (χ0n) is 9.89. The summed E-state index contributed by atoms with van der Waals surface area (Å²) in [5, 5.41) is 11.4. The monoisotopic (exact) mass is 249 g/mol. The van der Waals surface area contributed by atoms with Gasteiger partial charge >= 0.3 is 5.97 Å². The van der Waals surface area contributed by atoms with E-state index in [1.807, 2.05) is 0 Å². The van der Waals surface area contributed by atoms with Gasteiger partial charge in [-0.05, 0) is 30.5 Å². The Morgan fingerprint density at radius 3 is 2.94 bits per heavy atom. The average Bonchev–Trinajstić information content (AvgIpc) is 2.81. The van der Waals surface area contributed by atoms with Crippen molar-refractivity contribution in [2.75, 3.05) is 11.9 Å². The van der Waals surface area contributed by atoms with Crippen molar-refractivity contribution >= 4 is 17.6 Å². The average molecular weight is 249 g/mol. The molecule has 1 amide bonds. The third-order valence-corrected chi connectivity index (χ3v) is 2.77. The van der Waals surface area contributed by atoms with Crippen molar-refractivity contribution in [1.29, 1.82) is 0 Å². The Hall–Kier alpha value is -1.88. The van der Waals surface area contributed by atoms with Gasteiger partial charge in [-0.3, -0.25) is 9.59 Å². The third kappa shape index (κ3) is 3.30. The molecule has 2 rings (SSSR count). The number of carboxylic acid groups (broad SMARTS) is 1. The number of hydrogen-bond donors (Lipinski definition) is 2. The summed E-state index contributed by atoms with van der Waals surface area (Å²) >= 11 is 0. The SMILES string of the molecule is O=C(O)Cc1cccc(NC(=O)[C@H]2CCCO2)c1. The number of carbonyl (C=O) groups is 2. The van der Waals surface area contributed by atoms with Gasteiger partial charge in [0.15, 0.2) is 0 Å². The number of carboxylic acids is 1. The standard InChI is InChI=1S/C13H15NO4/c15-12(16)8-9-3-1-4-10(7-9)14-13(17)11-5-2-6-18-11/h1,3-4,7,11H,2,5-6,8H2,(H,14,17)(H,15,16)/t11-/m1/s1. The normalized spacial score (nSPS) is 18.6. The summed E-state index contributed by atoms with van der Waals surface area (Å²) < 4.78 is 5.28. The highest BCUT2D eigenvalue weighted by Gasteiger charge is 2.23. The zero-order chi connectivity index (χ0) is 13.0. The van der Waals surface area contributed by atoms with Gasteiger partial charge in [0, 0.05) is 12.3 Å². The van der Waals surface area contributed by atoms with Crippen molar-refractivity contribution in [3.8, 4) is 0 Å². The highest BCUT2D eigenvalue weighted by molar-refractivity contribution is 5.94. The van der Waals surface area contributed by atoms with E-state index in [9.17, 15) is 9.59 Å². The number of anilines is 1. The predicted octanol–water partition coefficient (Wildman–Crippen LogP) is 1.43. The highest BCUT2D eigenvalue weighted by atomic mass is 16.5. The summed E-state index contributed by atoms with van der Waals surface area (Å²) in [6.45, 7) is 0.622. The van der Waals surface area contributed by atoms with E-state index in [-0.39, 0.29) is 18.4 Å². The van der Waals surface area contributed by atoms with Gasteiger partial charge in [0.2, 0.25) is 0 Å². The van der Waals surface area contributed by atoms with Crippen molar-refractivity contribution in [2.24, 2.45) is 0 Å². The van der Waals surface area contributed by atoms with Gasteiger partial charge in [0.1, 0.15) is 6.10 Å². The van der Waals surface area contributed by atoms with Gasteiger partial charge in [-0.1, -0.05) is 12.1 Å². The van der Waals surface area contributed by atoms with Crippen molar-refractivity contribution in [1.82, 2.24) is 0 Å². The molecule has 0 radical (unpaired) electrons. The molecule has 5 heteroatoms. The molecule has 18 heavy (non-hydrogen) atoms. The topological polar surface area (TPSA) is 75.6 Å². The fourth-order valence-corrected chi connectivity index (χ4v) is 1.94. The number of hydrogen-bond acceptors (Lipinski definition) is 3. The molecule has 0 saturated carbocycles. The first-order chi connectivity index (χ1) is 8.65. The largest absolute Gasteiger partial charge is 0.481 e. The van der Waals surface area contributed by atoms with Crippen LogP contribution in [0.25, 0.3) is 0 Å². The Balaban J connectivity index is 2.00. The molecule has 0 aromatic heterocycles. The van der Waals surface area contributed by atoms with Crippen molar-refractivity contribution in [3.05, 3.63) is 29.8 Å². The second-order valence-corrected chi connectivity index (χ2v) is 4.26. The fourth-order valence-electron chi connectivity index (χ4n) is 1.94. The summed E-state index contributed by atoms with van der Waals surface area (Å²) in [7, 11) is 0. The van der Waals surface area contributed by atoms with E-state index in [0.29, 0.717) is 17.9 Å². The lowest BCUT2D eigenvalue weighted by atomic mass is 10.1. The number of aliphatic carboxylic acids is 1. The van der Waals surface area contributed by atoms with Gasteiger partial charge in [0.25, 0.3) is 5.91 Å². The predicted molar refractivity (Wildman–Crippen MR) is 65.4 cm³/mol. The lowest BCUT2D eigenvalue weighted by Gasteiger charge is -2.11. The lowest BCUT2D eigenvalue weighted by molar-refractivity contribution is -0.136. The van der Waals surface area contributed by atoms with E-state index in [1.54, 1.807) is 24.3 Å². The van der Waals surface area contributed by atoms with Gasteiger partial charge < -0.3 is 15.2 Å². The Kier molecular flexibility index (Phi) is 3.94. The van der Waals surface area contributed by atoms with E-state index in [0.717, 1.165) is 12.8 Å². The number of ether oxygens (including phenoxy) is 1. The smallest absolute Gasteiger partial charge is 0.307 e. The summed E-state index contributed by atoms with van der Waals surface area (Å²) in [5.74, 6) is -1.06. The molecule has 1 aliphatic rings. The second-order valence-electron chi connectivity index (χ2n) is 4.26. The summed E-state index contributed by atoms with van der Waals surface area (Å²) in [4.78, 5) is 22.4. The molecule has 1 aliphatic heterocycles. The van der Waals surface area contributed by atoms with E-state index in [4.69, 9.17) is 9.84 Å². The Morgan fingerprint density at radius 2 is 2.28 bits per heavy atom. The second kappa shape index (κ2) is 5.64. The number of rotatable bonds is 4. The molecule has 5 nitrogen and oxygen atoms in total. The van der Waals surface area contributed by atoms with Crippen LogP contribution in [-0.4, -0.2) is 29.7 Å². The molecular weight excluding hydrogens is 234 g/mol. The zero-order valence-corrected chi connectivity index (χ0v) is 9.89. The number of benzene rings is 1. The highest BCUT2D eigenvalue weighted by Crippen LogP contribution is 2.16. The molecule has 0 spiro atoms. The minimum Gasteiger partial charge on any atom is -0.481 e. The van der Waals surface area contributed by atoms with Crippen molar-refractivity contribution in [2.45, 2.75) is 25.4 Å². The molecule has 0 bridgehead atoms. The molecule has 2 N–H and O–H groups in total. The molecule has 1 heterocycles. The molecule has 1 fully saturated rings. The van der Waals surface area contributed by atoms with Crippen LogP contribution >= 0.6 is 0 Å². The molecular formula is C13H15NO4. The molecule has 0 aliphatic carbocycles. The lowest BCUT2D eigenvalue weighted by Crippen LogP contribution is -2.26. The summed E-state index contributed by atoms with van der Waals surface area (Å²) in [6.07, 6.45) is 1.20. The van der Waals surface area contributed by atoms with Crippen LogP contribution in [0, 0.1) is 0 Å². The molecule has 96 valence electrons. The van der Waals surface area contributed by atoms with Crippen LogP contribution in [0.3, 0.4) is 0 Å². The first kappa shape index (κ1) is 12.6. The molecule has 1 saturated heterocycles. The van der Waals surface area contributed by atoms with Crippen LogP contribution in [0.4, 0.5) is 5.69 Å². The van der Waals surface area contributed by atoms with Crippen LogP contribution in [0.5, 0.6) is 0 Å². The number of carbonyl (C=O) groups excluding carboxylic acids is 1. The minimum absolute atomic E-state index is 0.0519. The van der Waals surface area contributed by atoms with Gasteiger partial charge in [-0.15, -0.1) is 0 Å². The number of nitrogens with one attached hydrogen (secondary N) is 1.